The van der Waals surface area contributed by atoms with E-state index in [1.807, 2.05) is 56.3 Å². The van der Waals surface area contributed by atoms with Crippen molar-refractivity contribution in [3.05, 3.63) is 103 Å². The van der Waals surface area contributed by atoms with Gasteiger partial charge >= 0.3 is 7.48 Å². The molecule has 2 aromatic heterocycles. The molecule has 0 aliphatic carbocycles. The highest BCUT2D eigenvalue weighted by Crippen LogP contribution is 2.36. The van der Waals surface area contributed by atoms with E-state index in [0.717, 1.165) is 49.0 Å². The van der Waals surface area contributed by atoms with Crippen molar-refractivity contribution < 1.29 is 9.76 Å². The normalized spacial score (nSPS) is 12.2. The second-order valence-electron chi connectivity index (χ2n) is 11.0. The summed E-state index contributed by atoms with van der Waals surface area (Å²) in [6, 6.07) is 35.2. The van der Waals surface area contributed by atoms with Gasteiger partial charge in [0.05, 0.1) is 22.6 Å². The summed E-state index contributed by atoms with van der Waals surface area (Å²) in [4.78, 5) is 10.0. The fraction of sp³-hybridized carbons (Fsp3) is 0.176. The van der Waals surface area contributed by atoms with E-state index in [0.29, 0.717) is 5.82 Å². The van der Waals surface area contributed by atoms with E-state index >= 15 is 0 Å². The van der Waals surface area contributed by atoms with Crippen LogP contribution in [0.25, 0.3) is 54.1 Å². The van der Waals surface area contributed by atoms with Crippen molar-refractivity contribution in [3.8, 4) is 33.9 Å². The second kappa shape index (κ2) is 10.3. The number of aliphatic hydroxyl groups is 1. The molecule has 1 radical (unpaired) electrons. The third-order valence-electron chi connectivity index (χ3n) is 7.61. The predicted octanol–water partition coefficient (Wildman–Crippen LogP) is 7.66. The first-order valence-electron chi connectivity index (χ1n) is 13.4. The van der Waals surface area contributed by atoms with Crippen molar-refractivity contribution in [2.45, 2.75) is 38.9 Å². The van der Waals surface area contributed by atoms with Crippen molar-refractivity contribution >= 4 is 44.5 Å². The second-order valence-corrected chi connectivity index (χ2v) is 12.1. The Morgan fingerprint density at radius 3 is 1.90 bits per heavy atom. The quantitative estimate of drug-likeness (QED) is 0.211. The highest BCUT2D eigenvalue weighted by atomic mass is 32.1. The number of hydrogen-bond acceptors (Lipinski definition) is 5. The molecule has 4 aromatic carbocycles. The summed E-state index contributed by atoms with van der Waals surface area (Å²) in [6.45, 7) is 7.33. The molecule has 1 N–H and O–H groups in total. The van der Waals surface area contributed by atoms with Crippen LogP contribution in [-0.2, 0) is 4.65 Å². The minimum Gasteiger partial charge on any atom is -0.427 e. The van der Waals surface area contributed by atoms with Gasteiger partial charge in [0.1, 0.15) is 0 Å². The van der Waals surface area contributed by atoms with Crippen LogP contribution in [0.15, 0.2) is 103 Å². The van der Waals surface area contributed by atoms with E-state index in [1.165, 1.54) is 4.70 Å². The third-order valence-corrected chi connectivity index (χ3v) is 8.72. The predicted molar refractivity (Wildman–Crippen MR) is 168 cm³/mol. The summed E-state index contributed by atoms with van der Waals surface area (Å²) in [6.07, 6.45) is 0. The largest absolute Gasteiger partial charge is 0.427 e. The van der Waals surface area contributed by atoms with Crippen molar-refractivity contribution in [1.29, 1.82) is 0 Å². The summed E-state index contributed by atoms with van der Waals surface area (Å²) in [5, 5.41) is 12.8. The summed E-state index contributed by atoms with van der Waals surface area (Å²) in [7, 11) is 1.78. The van der Waals surface area contributed by atoms with Crippen molar-refractivity contribution in [2.24, 2.45) is 0 Å². The van der Waals surface area contributed by atoms with Crippen LogP contribution in [0.4, 0.5) is 0 Å². The van der Waals surface area contributed by atoms with Crippen LogP contribution < -0.4 is 5.46 Å². The number of fused-ring (bicyclic) bond motifs is 3. The highest BCUT2D eigenvalue weighted by Gasteiger charge is 2.36. The zero-order valence-electron chi connectivity index (χ0n) is 23.1. The summed E-state index contributed by atoms with van der Waals surface area (Å²) in [5.74, 6) is 0.696. The Balaban J connectivity index is 1.44. The van der Waals surface area contributed by atoms with E-state index < -0.39 is 11.2 Å². The lowest BCUT2D eigenvalue weighted by molar-refractivity contribution is -0.0893. The molecule has 0 aliphatic rings. The number of aromatic nitrogens is 2. The van der Waals surface area contributed by atoms with Crippen LogP contribution in [-0.4, -0.2) is 33.8 Å². The third kappa shape index (κ3) is 5.06. The molecule has 0 aliphatic heterocycles. The van der Waals surface area contributed by atoms with Crippen molar-refractivity contribution in [1.82, 2.24) is 9.97 Å². The maximum Gasteiger partial charge on any atom is 0.331 e. The van der Waals surface area contributed by atoms with Gasteiger partial charge in [0.25, 0.3) is 0 Å². The van der Waals surface area contributed by atoms with Gasteiger partial charge in [-0.05, 0) is 62.1 Å². The lowest BCUT2D eigenvalue weighted by atomic mass is 9.80. The molecule has 0 spiro atoms. The molecular formula is C34H30BN2O2S. The first kappa shape index (κ1) is 26.4. The standard InChI is InChI=1S/C34H30BN2O2S/c1-33(2,38)34(3,4)39-35-26-16-11-17-29-31(26)25-19-18-24(20-30(25)40-29)32-36-27(22-12-7-5-8-13-22)21-28(37-32)23-14-9-6-10-15-23/h5-21,38H,1-4H3. The molecule has 0 amide bonds. The summed E-state index contributed by atoms with van der Waals surface area (Å²) in [5.41, 5.74) is 4.12. The van der Waals surface area contributed by atoms with E-state index in [4.69, 9.17) is 14.6 Å². The number of thiophene rings is 1. The van der Waals surface area contributed by atoms with Gasteiger partial charge in [-0.1, -0.05) is 84.9 Å². The Morgan fingerprint density at radius 1 is 0.675 bits per heavy atom. The minimum absolute atomic E-state index is 0.696. The Kier molecular flexibility index (Phi) is 6.79. The maximum atomic E-state index is 10.5. The molecule has 6 rings (SSSR count). The van der Waals surface area contributed by atoms with Crippen molar-refractivity contribution in [3.63, 3.8) is 0 Å². The fourth-order valence-electron chi connectivity index (χ4n) is 4.54. The molecule has 6 heteroatoms. The van der Waals surface area contributed by atoms with Gasteiger partial charge in [0.15, 0.2) is 5.82 Å². The van der Waals surface area contributed by atoms with Gasteiger partial charge in [-0.2, -0.15) is 0 Å². The molecule has 0 atom stereocenters. The molecule has 0 unspecified atom stereocenters. The number of benzene rings is 4. The van der Waals surface area contributed by atoms with Crippen LogP contribution in [0.2, 0.25) is 0 Å². The van der Waals surface area contributed by atoms with Gasteiger partial charge in [-0.25, -0.2) is 9.97 Å². The molecule has 4 nitrogen and oxygen atoms in total. The Hall–Kier alpha value is -3.84. The molecule has 0 saturated heterocycles. The van der Waals surface area contributed by atoms with Crippen LogP contribution in [0.1, 0.15) is 27.7 Å². The number of hydrogen-bond donors (Lipinski definition) is 1. The molecule has 0 saturated carbocycles. The molecule has 0 bridgehead atoms. The van der Waals surface area contributed by atoms with E-state index in [1.54, 1.807) is 32.7 Å². The first-order valence-corrected chi connectivity index (χ1v) is 14.2. The van der Waals surface area contributed by atoms with E-state index in [9.17, 15) is 5.11 Å². The van der Waals surface area contributed by atoms with Crippen LogP contribution in [0.3, 0.4) is 0 Å². The van der Waals surface area contributed by atoms with Crippen LogP contribution >= 0.6 is 11.3 Å². The zero-order chi connectivity index (χ0) is 27.9. The average molecular weight is 542 g/mol. The smallest absolute Gasteiger partial charge is 0.331 e. The monoisotopic (exact) mass is 541 g/mol. The first-order chi connectivity index (χ1) is 19.2. The Labute approximate surface area is 239 Å². The lowest BCUT2D eigenvalue weighted by Crippen LogP contribution is -2.49. The molecule has 0 fully saturated rings. The number of nitrogens with zero attached hydrogens (tertiary/aromatic N) is 2. The minimum atomic E-state index is -0.990. The SMILES string of the molecule is CC(C)(O)C(C)(C)O[B]c1cccc2sc3cc(-c4nc(-c5ccccc5)cc(-c5ccccc5)n4)ccc3c12. The number of rotatable bonds is 7. The molecule has 2 heterocycles. The summed E-state index contributed by atoms with van der Waals surface area (Å²) >= 11 is 1.74. The van der Waals surface area contributed by atoms with Gasteiger partial charge in [-0.15, -0.1) is 11.3 Å². The maximum absolute atomic E-state index is 10.5. The molecule has 6 aromatic rings. The van der Waals surface area contributed by atoms with Crippen LogP contribution in [0, 0.1) is 0 Å². The van der Waals surface area contributed by atoms with Crippen LogP contribution in [0.5, 0.6) is 0 Å². The lowest BCUT2D eigenvalue weighted by Gasteiger charge is -2.37. The molecule has 197 valence electrons. The van der Waals surface area contributed by atoms with Gasteiger partial charge < -0.3 is 9.76 Å². The fourth-order valence-corrected chi connectivity index (χ4v) is 5.71. The molecular weight excluding hydrogens is 511 g/mol. The van der Waals surface area contributed by atoms with Gasteiger partial charge in [0, 0.05) is 26.1 Å². The van der Waals surface area contributed by atoms with Gasteiger partial charge in [0.2, 0.25) is 0 Å². The Bertz CT molecular complexity index is 1750. The average Bonchev–Trinajstić information content (AvgIpc) is 3.35. The Morgan fingerprint density at radius 2 is 1.30 bits per heavy atom. The highest BCUT2D eigenvalue weighted by molar-refractivity contribution is 7.26. The zero-order valence-corrected chi connectivity index (χ0v) is 23.9. The summed E-state index contributed by atoms with van der Waals surface area (Å²) < 4.78 is 8.45. The van der Waals surface area contributed by atoms with Gasteiger partial charge in [-0.3, -0.25) is 0 Å². The molecule has 40 heavy (non-hydrogen) atoms. The van der Waals surface area contributed by atoms with E-state index in [2.05, 4.69) is 60.7 Å². The van der Waals surface area contributed by atoms with E-state index in [-0.39, 0.29) is 0 Å². The van der Waals surface area contributed by atoms with Crippen molar-refractivity contribution in [2.75, 3.05) is 0 Å². The topological polar surface area (TPSA) is 55.2 Å².